The second kappa shape index (κ2) is 12.6. The molecular formula is C27H27N5O4S. The van der Waals surface area contributed by atoms with E-state index in [1.165, 1.54) is 11.8 Å². The summed E-state index contributed by atoms with van der Waals surface area (Å²) in [5.74, 6) is 3.24. The quantitative estimate of drug-likeness (QED) is 0.169. The van der Waals surface area contributed by atoms with Crippen molar-refractivity contribution < 1.29 is 19.0 Å². The highest BCUT2D eigenvalue weighted by atomic mass is 32.2. The number of carbonyl (C=O) groups excluding carboxylic acids is 1. The van der Waals surface area contributed by atoms with Crippen LogP contribution in [-0.4, -0.2) is 46.9 Å². The number of hydrogen-bond donors (Lipinski definition) is 1. The third kappa shape index (κ3) is 6.68. The molecule has 1 amide bonds. The molecule has 0 atom stereocenters. The maximum absolute atomic E-state index is 12.4. The monoisotopic (exact) mass is 517 g/mol. The van der Waals surface area contributed by atoms with E-state index in [-0.39, 0.29) is 11.7 Å². The molecule has 1 heterocycles. The fourth-order valence-electron chi connectivity index (χ4n) is 3.49. The molecule has 1 aromatic heterocycles. The average Bonchev–Trinajstić information content (AvgIpc) is 3.35. The summed E-state index contributed by atoms with van der Waals surface area (Å²) >= 11 is 1.29. The normalized spacial score (nSPS) is 10.9. The molecule has 3 aromatic carbocycles. The minimum atomic E-state index is -0.253. The summed E-state index contributed by atoms with van der Waals surface area (Å²) in [6.07, 6.45) is 1.57. The first kappa shape index (κ1) is 25.8. The van der Waals surface area contributed by atoms with Gasteiger partial charge in [0.2, 0.25) is 0 Å². The van der Waals surface area contributed by atoms with E-state index in [2.05, 4.69) is 20.7 Å². The summed E-state index contributed by atoms with van der Waals surface area (Å²) < 4.78 is 18.5. The van der Waals surface area contributed by atoms with Gasteiger partial charge in [0.15, 0.2) is 22.5 Å². The van der Waals surface area contributed by atoms with Gasteiger partial charge in [-0.15, -0.1) is 10.2 Å². The Bertz CT molecular complexity index is 1370. The Morgan fingerprint density at radius 1 is 0.973 bits per heavy atom. The van der Waals surface area contributed by atoms with Gasteiger partial charge in [0.05, 0.1) is 26.2 Å². The van der Waals surface area contributed by atoms with Crippen LogP contribution in [0.1, 0.15) is 12.5 Å². The molecule has 190 valence electrons. The van der Waals surface area contributed by atoms with Crippen molar-refractivity contribution in [2.24, 2.45) is 5.10 Å². The highest BCUT2D eigenvalue weighted by Crippen LogP contribution is 2.32. The number of thioether (sulfide) groups is 1. The lowest BCUT2D eigenvalue weighted by Gasteiger charge is -2.10. The lowest BCUT2D eigenvalue weighted by atomic mass is 10.2. The van der Waals surface area contributed by atoms with Gasteiger partial charge in [-0.3, -0.25) is 4.79 Å². The van der Waals surface area contributed by atoms with Crippen molar-refractivity contribution in [2.45, 2.75) is 18.6 Å². The molecule has 0 spiro atoms. The third-order valence-electron chi connectivity index (χ3n) is 5.25. The summed E-state index contributed by atoms with van der Waals surface area (Å²) in [7, 11) is 3.18. The summed E-state index contributed by atoms with van der Waals surface area (Å²) in [6, 6.07) is 22.5. The lowest BCUT2D eigenvalue weighted by molar-refractivity contribution is -0.118. The van der Waals surface area contributed by atoms with Gasteiger partial charge < -0.3 is 18.8 Å². The maximum atomic E-state index is 12.4. The largest absolute Gasteiger partial charge is 0.493 e. The topological polar surface area (TPSA) is 99.9 Å². The molecule has 10 heteroatoms. The number of methoxy groups -OCH3 is 2. The molecular weight excluding hydrogens is 490 g/mol. The second-order valence-corrected chi connectivity index (χ2v) is 8.63. The van der Waals surface area contributed by atoms with Gasteiger partial charge in [-0.1, -0.05) is 42.1 Å². The van der Waals surface area contributed by atoms with Crippen LogP contribution >= 0.6 is 11.8 Å². The molecule has 0 bridgehead atoms. The van der Waals surface area contributed by atoms with Crippen LogP contribution in [0.2, 0.25) is 0 Å². The highest BCUT2D eigenvalue weighted by Gasteiger charge is 2.16. The maximum Gasteiger partial charge on any atom is 0.250 e. The van der Waals surface area contributed by atoms with E-state index in [0.29, 0.717) is 34.8 Å². The van der Waals surface area contributed by atoms with Gasteiger partial charge in [-0.2, -0.15) is 5.10 Å². The molecule has 0 aliphatic carbocycles. The molecule has 1 N–H and O–H groups in total. The van der Waals surface area contributed by atoms with E-state index in [1.807, 2.05) is 84.3 Å². The number of nitrogens with one attached hydrogen (secondary N) is 1. The number of carbonyl (C=O) groups is 1. The fraction of sp³-hybridized carbons (Fsp3) is 0.185. The zero-order valence-corrected chi connectivity index (χ0v) is 21.6. The molecule has 4 rings (SSSR count). The van der Waals surface area contributed by atoms with E-state index in [9.17, 15) is 4.79 Å². The number of hydrogen-bond acceptors (Lipinski definition) is 8. The number of hydrazone groups is 1. The Balaban J connectivity index is 1.34. The summed E-state index contributed by atoms with van der Waals surface area (Å²) in [5.41, 5.74) is 4.19. The third-order valence-corrected chi connectivity index (χ3v) is 6.21. The number of benzene rings is 3. The van der Waals surface area contributed by atoms with Crippen molar-refractivity contribution in [3.63, 3.8) is 0 Å². The van der Waals surface area contributed by atoms with Crippen LogP contribution in [-0.2, 0) is 11.3 Å². The van der Waals surface area contributed by atoms with Crippen LogP contribution in [0.25, 0.3) is 11.4 Å². The Kier molecular flexibility index (Phi) is 8.77. The van der Waals surface area contributed by atoms with Gasteiger partial charge in [0.25, 0.3) is 5.91 Å². The Morgan fingerprint density at radius 3 is 2.51 bits per heavy atom. The minimum Gasteiger partial charge on any atom is -0.493 e. The van der Waals surface area contributed by atoms with E-state index in [1.54, 1.807) is 20.4 Å². The second-order valence-electron chi connectivity index (χ2n) is 7.69. The van der Waals surface area contributed by atoms with Crippen molar-refractivity contribution in [2.75, 3.05) is 20.0 Å². The van der Waals surface area contributed by atoms with E-state index in [0.717, 1.165) is 16.9 Å². The van der Waals surface area contributed by atoms with Crippen LogP contribution < -0.4 is 19.6 Å². The molecule has 4 aromatic rings. The SMILES string of the molecule is CCn1c(SCC(=O)N/N=C/c2cccc(Oc3ccccc3)c2)nnc1-c1ccc(OC)c(OC)c1. The highest BCUT2D eigenvalue weighted by molar-refractivity contribution is 7.99. The molecule has 9 nitrogen and oxygen atoms in total. The summed E-state index contributed by atoms with van der Waals surface area (Å²) in [5, 5.41) is 13.3. The first-order valence-corrected chi connectivity index (χ1v) is 12.5. The van der Waals surface area contributed by atoms with Crippen molar-refractivity contribution in [1.82, 2.24) is 20.2 Å². The van der Waals surface area contributed by atoms with Crippen LogP contribution in [0, 0.1) is 0 Å². The number of rotatable bonds is 11. The van der Waals surface area contributed by atoms with Gasteiger partial charge in [-0.25, -0.2) is 5.43 Å². The van der Waals surface area contributed by atoms with Gasteiger partial charge in [0.1, 0.15) is 11.5 Å². The van der Waals surface area contributed by atoms with Crippen LogP contribution in [0.4, 0.5) is 0 Å². The Hall–Kier alpha value is -4.31. The Morgan fingerprint density at radius 2 is 1.76 bits per heavy atom. The van der Waals surface area contributed by atoms with Gasteiger partial charge >= 0.3 is 0 Å². The summed E-state index contributed by atoms with van der Waals surface area (Å²) in [4.78, 5) is 12.4. The van der Waals surface area contributed by atoms with Crippen LogP contribution in [0.5, 0.6) is 23.0 Å². The van der Waals surface area contributed by atoms with Crippen LogP contribution in [0.15, 0.2) is 83.1 Å². The predicted octanol–water partition coefficient (Wildman–Crippen LogP) is 5.02. The predicted molar refractivity (Wildman–Crippen MR) is 144 cm³/mol. The molecule has 0 radical (unpaired) electrons. The number of para-hydroxylation sites is 1. The molecule has 0 aliphatic rings. The molecule has 0 unspecified atom stereocenters. The van der Waals surface area contributed by atoms with Crippen molar-refractivity contribution in [3.8, 4) is 34.4 Å². The van der Waals surface area contributed by atoms with Gasteiger partial charge in [0, 0.05) is 12.1 Å². The first-order chi connectivity index (χ1) is 18.1. The summed E-state index contributed by atoms with van der Waals surface area (Å²) in [6.45, 7) is 2.64. The molecule has 0 fully saturated rings. The molecule has 0 saturated heterocycles. The van der Waals surface area contributed by atoms with E-state index in [4.69, 9.17) is 14.2 Å². The standard InChI is InChI=1S/C27H27N5O4S/c1-4-32-26(20-13-14-23(34-2)24(16-20)35-3)30-31-27(32)37-18-25(33)29-28-17-19-9-8-12-22(15-19)36-21-10-6-5-7-11-21/h5-17H,4,18H2,1-3H3,(H,29,33)/b28-17+. The van der Waals surface area contributed by atoms with E-state index < -0.39 is 0 Å². The van der Waals surface area contributed by atoms with E-state index >= 15 is 0 Å². The zero-order valence-electron chi connectivity index (χ0n) is 20.7. The lowest BCUT2D eigenvalue weighted by Crippen LogP contribution is -2.20. The van der Waals surface area contributed by atoms with Crippen molar-refractivity contribution in [1.29, 1.82) is 0 Å². The molecule has 37 heavy (non-hydrogen) atoms. The minimum absolute atomic E-state index is 0.137. The van der Waals surface area contributed by atoms with Crippen LogP contribution in [0.3, 0.4) is 0 Å². The molecule has 0 saturated carbocycles. The number of aromatic nitrogens is 3. The number of amides is 1. The smallest absolute Gasteiger partial charge is 0.250 e. The Labute approximate surface area is 219 Å². The van der Waals surface area contributed by atoms with Crippen molar-refractivity contribution >= 4 is 23.9 Å². The zero-order chi connectivity index (χ0) is 26.0. The van der Waals surface area contributed by atoms with Gasteiger partial charge in [-0.05, 0) is 55.0 Å². The number of ether oxygens (including phenoxy) is 3. The average molecular weight is 518 g/mol. The fourth-order valence-corrected chi connectivity index (χ4v) is 4.29. The molecule has 0 aliphatic heterocycles. The number of nitrogens with zero attached hydrogens (tertiary/aromatic N) is 4. The first-order valence-electron chi connectivity index (χ1n) is 11.5. The van der Waals surface area contributed by atoms with Crippen molar-refractivity contribution in [3.05, 3.63) is 78.4 Å².